The van der Waals surface area contributed by atoms with Crippen LogP contribution >= 0.6 is 23.2 Å². The maximum Gasteiger partial charge on any atom is 0.417 e. The average molecular weight is 533 g/mol. The van der Waals surface area contributed by atoms with Gasteiger partial charge in [-0.1, -0.05) is 41.4 Å². The molecule has 6 nitrogen and oxygen atoms in total. The van der Waals surface area contributed by atoms with Crippen LogP contribution in [0.1, 0.15) is 29.9 Å². The van der Waals surface area contributed by atoms with E-state index in [0.717, 1.165) is 12.1 Å². The smallest absolute Gasteiger partial charge is 0.277 e. The number of hydrogen-bond acceptors (Lipinski definition) is 4. The number of amides is 1. The highest BCUT2D eigenvalue weighted by atomic mass is 35.5. The zero-order chi connectivity index (χ0) is 25.3. The van der Waals surface area contributed by atoms with Crippen molar-refractivity contribution in [2.24, 2.45) is 0 Å². The summed E-state index contributed by atoms with van der Waals surface area (Å²) in [7, 11) is -4.56. The van der Waals surface area contributed by atoms with Gasteiger partial charge in [0.2, 0.25) is 0 Å². The van der Waals surface area contributed by atoms with Crippen molar-refractivity contribution in [3.8, 4) is 0 Å². The van der Waals surface area contributed by atoms with Gasteiger partial charge in [-0.3, -0.25) is 4.72 Å². The Kier molecular flexibility index (Phi) is 7.56. The summed E-state index contributed by atoms with van der Waals surface area (Å²) in [5.41, 5.74) is -1.20. The summed E-state index contributed by atoms with van der Waals surface area (Å²) in [5, 5.41) is -0.627. The van der Waals surface area contributed by atoms with E-state index in [1.54, 1.807) is 44.2 Å². The molecule has 0 aliphatic rings. The van der Waals surface area contributed by atoms with Crippen LogP contribution in [-0.2, 0) is 16.2 Å². The molecule has 2 N–H and O–H groups in total. The summed E-state index contributed by atoms with van der Waals surface area (Å²) in [6.45, 7) is 3.60. The van der Waals surface area contributed by atoms with Gasteiger partial charge in [0, 0.05) is 6.20 Å². The van der Waals surface area contributed by atoms with Gasteiger partial charge < -0.3 is 0 Å². The number of alkyl halides is 3. The Balaban J connectivity index is 2.06. The summed E-state index contributed by atoms with van der Waals surface area (Å²) in [6, 6.07) is 11.9. The van der Waals surface area contributed by atoms with Crippen molar-refractivity contribution >= 4 is 50.5 Å². The summed E-state index contributed by atoms with van der Waals surface area (Å²) < 4.78 is 67.7. The lowest BCUT2D eigenvalue weighted by Crippen LogP contribution is -3.13. The van der Waals surface area contributed by atoms with Crippen molar-refractivity contribution in [3.05, 3.63) is 82.1 Å². The molecule has 1 heterocycles. The molecule has 3 rings (SSSR count). The van der Waals surface area contributed by atoms with Crippen molar-refractivity contribution in [1.82, 2.24) is 4.98 Å². The summed E-state index contributed by atoms with van der Waals surface area (Å²) in [4.78, 5) is 17.1. The summed E-state index contributed by atoms with van der Waals surface area (Å²) in [6.07, 6.45) is -3.68. The number of carbonyl (C=O) groups is 1. The highest BCUT2D eigenvalue weighted by Crippen LogP contribution is 2.36. The minimum absolute atomic E-state index is 0.0205. The number of nitrogens with zero attached hydrogens (tertiary/aromatic N) is 1. The first-order valence-electron chi connectivity index (χ1n) is 9.83. The van der Waals surface area contributed by atoms with Crippen molar-refractivity contribution in [1.29, 1.82) is 0 Å². The molecule has 12 heteroatoms. The summed E-state index contributed by atoms with van der Waals surface area (Å²) in [5.74, 6) is -0.553. The molecule has 0 fully saturated rings. The standard InChI is InChI=1S/C22H18Cl2F3N3O3S/c1-13(2)30(15-6-4-3-5-7-15)21(31)20-19(10-14(23)12-28-20)29-34(32,33)16-8-9-18(24)17(11-16)22(25,26)27/h3-13,29H,1-2H3/p+1. The zero-order valence-corrected chi connectivity index (χ0v) is 20.1. The number of nitrogens with one attached hydrogen (secondary N) is 2. The van der Waals surface area contributed by atoms with Gasteiger partial charge in [0.25, 0.3) is 10.0 Å². The minimum Gasteiger partial charge on any atom is -0.277 e. The van der Waals surface area contributed by atoms with Gasteiger partial charge in [0.1, 0.15) is 5.69 Å². The Hall–Kier alpha value is -2.66. The molecule has 1 atom stereocenters. The highest BCUT2D eigenvalue weighted by Gasteiger charge is 2.35. The molecule has 3 aromatic rings. The quantitative estimate of drug-likeness (QED) is 0.469. The fraction of sp³-hybridized carbons (Fsp3) is 0.182. The minimum atomic E-state index is -4.86. The number of sulfonamides is 1. The van der Waals surface area contributed by atoms with Crippen molar-refractivity contribution in [3.63, 3.8) is 0 Å². The monoisotopic (exact) mass is 532 g/mol. The molecule has 0 spiro atoms. The van der Waals surface area contributed by atoms with Gasteiger partial charge in [-0.25, -0.2) is 23.1 Å². The number of anilines is 1. The van der Waals surface area contributed by atoms with Crippen molar-refractivity contribution in [2.75, 3.05) is 4.72 Å². The van der Waals surface area contributed by atoms with Gasteiger partial charge in [-0.15, -0.1) is 0 Å². The second-order valence-electron chi connectivity index (χ2n) is 7.56. The molecule has 1 aromatic heterocycles. The number of hydrogen-bond donors (Lipinski definition) is 2. The third-order valence-corrected chi connectivity index (χ3v) is 6.67. The maximum atomic E-state index is 13.4. The number of carbonyl (C=O) groups excluding carboxylic acids is 1. The van der Waals surface area contributed by atoms with Crippen LogP contribution in [0.5, 0.6) is 0 Å². The average Bonchev–Trinajstić information content (AvgIpc) is 2.73. The van der Waals surface area contributed by atoms with E-state index in [-0.39, 0.29) is 22.4 Å². The molecule has 34 heavy (non-hydrogen) atoms. The number of halogens is 5. The number of para-hydroxylation sites is 1. The predicted molar refractivity (Wildman–Crippen MR) is 123 cm³/mol. The number of quaternary nitrogens is 1. The van der Waals surface area contributed by atoms with E-state index in [9.17, 15) is 26.4 Å². The molecule has 0 saturated carbocycles. The molecular formula is C22H19Cl2F3N3O3S+. The van der Waals surface area contributed by atoms with E-state index < -0.39 is 37.6 Å². The number of benzene rings is 2. The molecule has 0 saturated heterocycles. The van der Waals surface area contributed by atoms with Crippen LogP contribution in [0.2, 0.25) is 10.0 Å². The van der Waals surface area contributed by atoms with E-state index in [1.807, 2.05) is 0 Å². The maximum absolute atomic E-state index is 13.4. The molecule has 1 unspecified atom stereocenters. The first-order valence-corrected chi connectivity index (χ1v) is 12.1. The van der Waals surface area contributed by atoms with Crippen LogP contribution in [0.4, 0.5) is 24.5 Å². The van der Waals surface area contributed by atoms with E-state index in [4.69, 9.17) is 23.2 Å². The third kappa shape index (κ3) is 5.69. The second kappa shape index (κ2) is 9.91. The van der Waals surface area contributed by atoms with E-state index >= 15 is 0 Å². The van der Waals surface area contributed by atoms with E-state index in [1.165, 1.54) is 12.3 Å². The third-order valence-electron chi connectivity index (χ3n) is 4.77. The van der Waals surface area contributed by atoms with Crippen LogP contribution in [0.3, 0.4) is 0 Å². The molecule has 0 aliphatic heterocycles. The number of pyridine rings is 1. The Labute approximate surface area is 204 Å². The molecule has 180 valence electrons. The number of aromatic nitrogens is 1. The lowest BCUT2D eigenvalue weighted by molar-refractivity contribution is -0.767. The second-order valence-corrected chi connectivity index (χ2v) is 10.1. The lowest BCUT2D eigenvalue weighted by Gasteiger charge is -2.21. The predicted octanol–water partition coefficient (Wildman–Crippen LogP) is 4.97. The Morgan fingerprint density at radius 3 is 2.29 bits per heavy atom. The normalized spacial score (nSPS) is 13.1. The van der Waals surface area contributed by atoms with Gasteiger partial charge in [0.15, 0.2) is 5.69 Å². The Morgan fingerprint density at radius 1 is 1.06 bits per heavy atom. The van der Waals surface area contributed by atoms with Crippen LogP contribution in [0.25, 0.3) is 0 Å². The molecule has 1 amide bonds. The van der Waals surface area contributed by atoms with Gasteiger partial charge in [0.05, 0.1) is 32.2 Å². The molecule has 0 radical (unpaired) electrons. The topological polar surface area (TPSA) is 80.6 Å². The molecule has 0 bridgehead atoms. The number of rotatable bonds is 6. The Morgan fingerprint density at radius 2 is 1.71 bits per heavy atom. The lowest BCUT2D eigenvalue weighted by atomic mass is 10.2. The van der Waals surface area contributed by atoms with Gasteiger partial charge in [-0.05, 0) is 50.2 Å². The van der Waals surface area contributed by atoms with Crippen LogP contribution in [0, 0.1) is 0 Å². The van der Waals surface area contributed by atoms with Gasteiger partial charge >= 0.3 is 12.1 Å². The van der Waals surface area contributed by atoms with Gasteiger partial charge in [-0.2, -0.15) is 13.2 Å². The molecule has 0 aliphatic carbocycles. The SMILES string of the molecule is CC(C)[NH+](C(=O)c1ncc(Cl)cc1NS(=O)(=O)c1ccc(Cl)c(C(F)(F)F)c1)c1ccccc1. The zero-order valence-electron chi connectivity index (χ0n) is 17.8. The van der Waals surface area contributed by atoms with Crippen molar-refractivity contribution < 1.29 is 31.3 Å². The first-order chi connectivity index (χ1) is 15.8. The van der Waals surface area contributed by atoms with Crippen molar-refractivity contribution in [2.45, 2.75) is 31.0 Å². The molecule has 2 aromatic carbocycles. The fourth-order valence-electron chi connectivity index (χ4n) is 3.26. The van der Waals surface area contributed by atoms with Crippen LogP contribution in [0.15, 0.2) is 65.7 Å². The Bertz CT molecular complexity index is 1320. The molecular weight excluding hydrogens is 514 g/mol. The van der Waals surface area contributed by atoms with E-state index in [0.29, 0.717) is 16.7 Å². The largest absolute Gasteiger partial charge is 0.417 e. The highest BCUT2D eigenvalue weighted by molar-refractivity contribution is 7.92. The fourth-order valence-corrected chi connectivity index (χ4v) is 4.73. The summed E-state index contributed by atoms with van der Waals surface area (Å²) >= 11 is 11.6. The van der Waals surface area contributed by atoms with Crippen LogP contribution < -0.4 is 9.62 Å². The van der Waals surface area contributed by atoms with E-state index in [2.05, 4.69) is 9.71 Å². The first kappa shape index (κ1) is 26.0. The van der Waals surface area contributed by atoms with Crippen LogP contribution in [-0.4, -0.2) is 25.4 Å².